The van der Waals surface area contributed by atoms with Gasteiger partial charge in [-0.15, -0.1) is 10.1 Å². The molecule has 3 atom stereocenters. The van der Waals surface area contributed by atoms with Crippen molar-refractivity contribution in [2.45, 2.75) is 129 Å². The van der Waals surface area contributed by atoms with Gasteiger partial charge in [0, 0.05) is 172 Å². The van der Waals surface area contributed by atoms with Gasteiger partial charge < -0.3 is 63.8 Å². The first-order valence-electron chi connectivity index (χ1n) is 40.5. The number of carbonyl (C=O) groups excluding carboxylic acids is 8. The number of Topliss-reactive ketones (excluding diaryl/α,β-unsaturated/α-hetero) is 1. The van der Waals surface area contributed by atoms with Crippen LogP contribution in [0.25, 0.3) is 0 Å². The van der Waals surface area contributed by atoms with Gasteiger partial charge in [-0.3, -0.25) is 28.8 Å². The Bertz CT molecular complexity index is 4790. The number of rotatable bonds is 44. The lowest BCUT2D eigenvalue weighted by molar-refractivity contribution is -0.201. The highest BCUT2D eigenvalue weighted by Gasteiger charge is 2.37. The van der Waals surface area contributed by atoms with E-state index in [1.54, 1.807) is 54.6 Å². The number of hydrogen-bond donors (Lipinski definition) is 3. The number of nitrogens with two attached hydrogens (primary N) is 1. The van der Waals surface area contributed by atoms with E-state index in [2.05, 4.69) is 34.4 Å². The first-order chi connectivity index (χ1) is 59.2. The molecule has 124 heavy (non-hydrogen) atoms. The molecule has 5 aliphatic heterocycles. The molecule has 11 rings (SSSR count). The quantitative estimate of drug-likeness (QED) is 0.0236. The molecular weight excluding hydrogens is 1790 g/mol. The van der Waals surface area contributed by atoms with Gasteiger partial charge in [0.1, 0.15) is 5.78 Å². The van der Waals surface area contributed by atoms with E-state index >= 15 is 0 Å². The summed E-state index contributed by atoms with van der Waals surface area (Å²) in [6, 6.07) is 32.1. The van der Waals surface area contributed by atoms with Crippen molar-refractivity contribution < 1.29 is 102 Å². The molecule has 3 unspecified atom stereocenters. The number of benzene rings is 6. The fraction of sp³-hybridized carbons (Fsp3) is 0.482. The number of sulfonamides is 1. The van der Waals surface area contributed by atoms with E-state index in [9.17, 15) is 63.6 Å². The molecule has 4 N–H and O–H groups in total. The smallest absolute Gasteiger partial charge is 0.333 e. The third-order valence-corrected chi connectivity index (χ3v) is 27.3. The topological polar surface area (TPSA) is 379 Å². The van der Waals surface area contributed by atoms with E-state index in [4.69, 9.17) is 104 Å². The predicted molar refractivity (Wildman–Crippen MR) is 466 cm³/mol. The van der Waals surface area contributed by atoms with E-state index in [0.29, 0.717) is 117 Å². The molecule has 0 aromatic heterocycles. The van der Waals surface area contributed by atoms with Crippen LogP contribution in [-0.2, 0) is 126 Å². The van der Waals surface area contributed by atoms with Gasteiger partial charge in [0.2, 0.25) is 15.9 Å². The third-order valence-electron chi connectivity index (χ3n) is 20.5. The summed E-state index contributed by atoms with van der Waals surface area (Å²) in [7, 11) is -4.52. The standard InChI is InChI=1S/C50H62Cl4N4O10S2.C23H30Cl2N2O4S.C12H12N2O8/c1-57-31-44(42-27-37(51)29-48(53)46(42)33-57)35-6-11-40(12-7-35)69(61,62)26-4-19-66-23-24-67-20-16-55-50(60)15-10-39(59)5-3-18-65-22-25-68-21-17-56-70(63,64)41-13-8-36(9-14-41)45-32-58(2)34-47-43(45)28-38(52)30-49(47)54;1-27-15-21(20-13-18(24)14-23(25)22(20)16-27)17-3-5-19(6-4-17)32(28,29)12-2-8-30-10-11-31-9-7-26;15-7-1-2-8(16)13(7)21-11(19)5-6-12(20)22-14-9(17)3-4-10(14)18/h6-9,11-14,27-30,44-45,56H,3-5,10,15-26,31-34H2,1-2H3,(H,55,60);3-6,13-14,21H,2,7-12,15-16,26H2,1H3;1-6H2. The van der Waals surface area contributed by atoms with Crippen molar-refractivity contribution >= 4 is 147 Å². The summed E-state index contributed by atoms with van der Waals surface area (Å²) < 4.78 is 113. The van der Waals surface area contributed by atoms with Crippen molar-refractivity contribution in [3.8, 4) is 0 Å². The number of ether oxygens (including phenoxy) is 6. The molecular formula is C85H104Cl6N8O22S3. The average Bonchev–Trinajstić information content (AvgIpc) is 0.921. The number of ketones is 1. The number of hydroxylamine groups is 4. The average molecular weight is 1900 g/mol. The summed E-state index contributed by atoms with van der Waals surface area (Å²) in [6.45, 7) is 9.28. The van der Waals surface area contributed by atoms with Crippen LogP contribution in [-0.4, -0.2) is 249 Å². The van der Waals surface area contributed by atoms with E-state index in [0.717, 1.165) is 82.8 Å². The Balaban J connectivity index is 0.000000262. The molecule has 6 aromatic carbocycles. The van der Waals surface area contributed by atoms with Crippen LogP contribution < -0.4 is 15.8 Å². The molecule has 5 aliphatic rings. The molecule has 5 amide bonds. The van der Waals surface area contributed by atoms with Crippen molar-refractivity contribution in [3.05, 3.63) is 189 Å². The molecule has 6 aromatic rings. The second-order valence-electron chi connectivity index (χ2n) is 30.1. The molecule has 0 spiro atoms. The minimum Gasteiger partial charge on any atom is -0.379 e. The van der Waals surface area contributed by atoms with Gasteiger partial charge in [0.15, 0.2) is 19.7 Å². The summed E-state index contributed by atoms with van der Waals surface area (Å²) in [5, 5.41) is 7.13. The first-order valence-corrected chi connectivity index (χ1v) is 47.6. The third kappa shape index (κ3) is 30.8. The number of nitrogens with zero attached hydrogens (tertiary/aromatic N) is 5. The number of sulfone groups is 2. The highest BCUT2D eigenvalue weighted by atomic mass is 35.5. The number of nitrogens with one attached hydrogen (secondary N) is 2. The highest BCUT2D eigenvalue weighted by Crippen LogP contribution is 2.42. The van der Waals surface area contributed by atoms with Crippen LogP contribution in [0.15, 0.2) is 124 Å². The Labute approximate surface area is 753 Å². The van der Waals surface area contributed by atoms with Crippen LogP contribution in [0.3, 0.4) is 0 Å². The zero-order valence-corrected chi connectivity index (χ0v) is 76.1. The van der Waals surface area contributed by atoms with E-state index in [1.807, 2.05) is 75.7 Å². The molecule has 0 bridgehead atoms. The van der Waals surface area contributed by atoms with Crippen LogP contribution in [0.5, 0.6) is 0 Å². The summed E-state index contributed by atoms with van der Waals surface area (Å²) in [5.41, 5.74) is 14.7. The largest absolute Gasteiger partial charge is 0.379 e. The van der Waals surface area contributed by atoms with Gasteiger partial charge in [-0.2, -0.15) is 0 Å². The molecule has 0 aliphatic carbocycles. The maximum Gasteiger partial charge on any atom is 0.333 e. The normalized spacial score (nSPS) is 16.9. The summed E-state index contributed by atoms with van der Waals surface area (Å²) in [5.74, 6) is -4.67. The zero-order valence-electron chi connectivity index (χ0n) is 69.2. The fourth-order valence-electron chi connectivity index (χ4n) is 14.3. The second kappa shape index (κ2) is 49.4. The van der Waals surface area contributed by atoms with Crippen molar-refractivity contribution in [2.24, 2.45) is 5.73 Å². The van der Waals surface area contributed by atoms with Gasteiger partial charge in [-0.05, 0) is 163 Å². The Morgan fingerprint density at radius 2 is 0.734 bits per heavy atom. The van der Waals surface area contributed by atoms with Gasteiger partial charge in [-0.25, -0.2) is 39.6 Å². The van der Waals surface area contributed by atoms with E-state index in [1.165, 1.54) is 0 Å². The Kier molecular flexibility index (Phi) is 40.1. The number of amides is 5. The number of imide groups is 2. The number of likely N-dealkylation sites (N-methyl/N-ethyl adjacent to an activating group) is 3. The SMILES string of the molecule is CN1Cc2c(Cl)cc(Cl)cc2C(c2ccc(S(=O)(=O)CCCOCCOCCN)cc2)C1.CN1Cc2c(Cl)cc(Cl)cc2C(c2ccc(S(=O)(=O)CCCOCCOCCNC(=O)CCC(=O)CCCOCCOCCNS(=O)(=O)c3ccc(C4CN(C)Cc5c(Cl)cc(Cl)cc54)cc3)cc2)C1.O=C(CCC(=O)ON1C(=O)CCC1=O)ON1C(=O)CCC1=O. The molecule has 30 nitrogen and oxygen atoms in total. The lowest BCUT2D eigenvalue weighted by atomic mass is 9.85. The second-order valence-corrected chi connectivity index (χ2v) is 38.6. The molecule has 39 heteroatoms. The maximum atomic E-state index is 13.0. The van der Waals surface area contributed by atoms with E-state index in [-0.39, 0.29) is 148 Å². The van der Waals surface area contributed by atoms with Gasteiger partial charge in [0.25, 0.3) is 23.6 Å². The maximum absolute atomic E-state index is 13.0. The number of hydrogen-bond acceptors (Lipinski definition) is 26. The zero-order chi connectivity index (χ0) is 89.7. The van der Waals surface area contributed by atoms with Crippen LogP contribution >= 0.6 is 69.6 Å². The summed E-state index contributed by atoms with van der Waals surface area (Å²) in [4.78, 5) is 109. The first kappa shape index (κ1) is 101. The van der Waals surface area contributed by atoms with E-state index < -0.39 is 78.1 Å². The van der Waals surface area contributed by atoms with Crippen LogP contribution in [0.2, 0.25) is 30.1 Å². The number of fused-ring (bicyclic) bond motifs is 3. The summed E-state index contributed by atoms with van der Waals surface area (Å²) >= 11 is 38.3. The lowest BCUT2D eigenvalue weighted by Gasteiger charge is -2.33. The minimum absolute atomic E-state index is 0.000453. The van der Waals surface area contributed by atoms with Crippen molar-refractivity contribution in [1.29, 1.82) is 0 Å². The lowest BCUT2D eigenvalue weighted by Crippen LogP contribution is -2.33. The number of halogens is 6. The number of carbonyl (C=O) groups is 8. The van der Waals surface area contributed by atoms with Crippen molar-refractivity contribution in [1.82, 2.24) is 34.9 Å². The van der Waals surface area contributed by atoms with Gasteiger partial charge in [-0.1, -0.05) is 106 Å². The minimum atomic E-state index is -3.74. The van der Waals surface area contributed by atoms with Crippen LogP contribution in [0.4, 0.5) is 0 Å². The Morgan fingerprint density at radius 1 is 0.403 bits per heavy atom. The Hall–Kier alpha value is -7.17. The van der Waals surface area contributed by atoms with Gasteiger partial charge >= 0.3 is 11.9 Å². The fourth-order valence-corrected chi connectivity index (χ4v) is 19.6. The van der Waals surface area contributed by atoms with Crippen LogP contribution in [0, 0.1) is 0 Å². The molecule has 0 saturated carbocycles. The van der Waals surface area contributed by atoms with Crippen molar-refractivity contribution in [2.75, 3.05) is 151 Å². The van der Waals surface area contributed by atoms with Crippen molar-refractivity contribution in [3.63, 3.8) is 0 Å². The monoisotopic (exact) mass is 1890 g/mol. The molecule has 5 heterocycles. The molecule has 2 fully saturated rings. The van der Waals surface area contributed by atoms with Crippen LogP contribution in [0.1, 0.15) is 145 Å². The summed E-state index contributed by atoms with van der Waals surface area (Å²) in [6.07, 6.45) is 0.686. The predicted octanol–water partition coefficient (Wildman–Crippen LogP) is 10.6. The Morgan fingerprint density at radius 3 is 1.10 bits per heavy atom. The highest BCUT2D eigenvalue weighted by molar-refractivity contribution is 7.91. The molecule has 2 saturated heterocycles. The molecule has 676 valence electrons. The molecule has 0 radical (unpaired) electrons. The van der Waals surface area contributed by atoms with Gasteiger partial charge in [0.05, 0.1) is 98.5 Å².